The molecule has 9 nitrogen and oxygen atoms in total. The van der Waals surface area contributed by atoms with E-state index in [0.29, 0.717) is 62.7 Å². The van der Waals surface area contributed by atoms with Crippen molar-refractivity contribution in [3.63, 3.8) is 0 Å². The van der Waals surface area contributed by atoms with Crippen molar-refractivity contribution in [2.75, 3.05) is 51.3 Å². The Kier molecular flexibility index (Phi) is 8.45. The number of hydrogen-bond donors (Lipinski definition) is 0. The van der Waals surface area contributed by atoms with Crippen molar-refractivity contribution in [2.24, 2.45) is 0 Å². The Hall–Kier alpha value is -3.72. The Morgan fingerprint density at radius 3 is 2.20 bits per heavy atom. The van der Waals surface area contributed by atoms with E-state index in [1.165, 1.54) is 0 Å². The maximum Gasteiger partial charge on any atom is 0.410 e. The second-order valence-corrected chi connectivity index (χ2v) is 12.0. The van der Waals surface area contributed by atoms with Crippen molar-refractivity contribution in [1.82, 2.24) is 19.6 Å². The van der Waals surface area contributed by atoms with Crippen molar-refractivity contribution in [1.29, 1.82) is 0 Å². The van der Waals surface area contributed by atoms with Crippen molar-refractivity contribution in [3.05, 3.63) is 71.0 Å². The third kappa shape index (κ3) is 6.45. The molecule has 2 saturated heterocycles. The van der Waals surface area contributed by atoms with Gasteiger partial charge in [0.05, 0.1) is 35.9 Å². The lowest BCUT2D eigenvalue weighted by molar-refractivity contribution is 0.0203. The van der Waals surface area contributed by atoms with Gasteiger partial charge in [-0.25, -0.2) is 9.48 Å². The van der Waals surface area contributed by atoms with Crippen LogP contribution in [0.4, 0.5) is 10.5 Å². The minimum absolute atomic E-state index is 0.0190. The molecule has 218 valence electrons. The number of hydrogen-bond acceptors (Lipinski definition) is 6. The lowest BCUT2D eigenvalue weighted by Gasteiger charge is -2.37. The summed E-state index contributed by atoms with van der Waals surface area (Å²) in [6.45, 7) is 9.33. The second-order valence-electron chi connectivity index (χ2n) is 11.5. The van der Waals surface area contributed by atoms with Crippen molar-refractivity contribution in [3.8, 4) is 11.4 Å². The maximum absolute atomic E-state index is 14.0. The highest BCUT2D eigenvalue weighted by molar-refractivity contribution is 6.30. The Morgan fingerprint density at radius 2 is 1.56 bits per heavy atom. The summed E-state index contributed by atoms with van der Waals surface area (Å²) in [6, 6.07) is 15.4. The summed E-state index contributed by atoms with van der Waals surface area (Å²) in [5.41, 5.74) is 2.83. The molecule has 0 unspecified atom stereocenters. The fraction of sp³-hybridized carbons (Fsp3) is 0.452. The number of ether oxygens (including phenoxy) is 2. The summed E-state index contributed by atoms with van der Waals surface area (Å²) < 4.78 is 13.0. The minimum atomic E-state index is -0.545. The molecule has 0 spiro atoms. The van der Waals surface area contributed by atoms with Crippen LogP contribution in [0.15, 0.2) is 54.7 Å². The van der Waals surface area contributed by atoms with E-state index in [1.54, 1.807) is 18.2 Å². The number of methoxy groups -OCH3 is 1. The lowest BCUT2D eigenvalue weighted by atomic mass is 9.90. The molecule has 2 fully saturated rings. The monoisotopic (exact) mass is 579 g/mol. The van der Waals surface area contributed by atoms with Gasteiger partial charge >= 0.3 is 6.09 Å². The summed E-state index contributed by atoms with van der Waals surface area (Å²) in [4.78, 5) is 32.6. The second kappa shape index (κ2) is 12.0. The Bertz CT molecular complexity index is 1370. The zero-order valence-corrected chi connectivity index (χ0v) is 24.9. The molecule has 10 heteroatoms. The van der Waals surface area contributed by atoms with Crippen LogP contribution in [0.3, 0.4) is 0 Å². The molecule has 0 bridgehead atoms. The number of rotatable bonds is 5. The molecule has 2 amide bonds. The summed E-state index contributed by atoms with van der Waals surface area (Å²) >= 11 is 6.16. The average molecular weight is 580 g/mol. The lowest BCUT2D eigenvalue weighted by Crippen LogP contribution is -2.49. The quantitative estimate of drug-likeness (QED) is 0.391. The van der Waals surface area contributed by atoms with Gasteiger partial charge in [0.1, 0.15) is 11.4 Å². The third-order valence-electron chi connectivity index (χ3n) is 7.63. The summed E-state index contributed by atoms with van der Waals surface area (Å²) in [5.74, 6) is 0.867. The van der Waals surface area contributed by atoms with Gasteiger partial charge in [0.2, 0.25) is 0 Å². The fourth-order valence-corrected chi connectivity index (χ4v) is 5.70. The summed E-state index contributed by atoms with van der Waals surface area (Å²) in [7, 11) is 1.68. The van der Waals surface area contributed by atoms with Gasteiger partial charge in [0, 0.05) is 50.2 Å². The van der Waals surface area contributed by atoms with Crippen LogP contribution in [0.5, 0.6) is 5.75 Å². The number of nitrogens with zero attached hydrogens (tertiary/aromatic N) is 5. The number of piperidine rings is 1. The zero-order chi connectivity index (χ0) is 29.1. The first-order valence-corrected chi connectivity index (χ1v) is 14.5. The molecule has 0 atom stereocenters. The minimum Gasteiger partial charge on any atom is -0.495 e. The van der Waals surface area contributed by atoms with E-state index in [2.05, 4.69) is 10.00 Å². The number of carbonyl (C=O) groups is 2. The van der Waals surface area contributed by atoms with Crippen molar-refractivity contribution < 1.29 is 19.1 Å². The van der Waals surface area contributed by atoms with Crippen LogP contribution in [-0.2, 0) is 4.74 Å². The molecule has 2 aliphatic rings. The molecule has 0 radical (unpaired) electrons. The third-order valence-corrected chi connectivity index (χ3v) is 7.89. The van der Waals surface area contributed by atoms with Gasteiger partial charge in [-0.05, 0) is 70.0 Å². The van der Waals surface area contributed by atoms with Crippen molar-refractivity contribution >= 4 is 29.3 Å². The van der Waals surface area contributed by atoms with Gasteiger partial charge in [-0.15, -0.1) is 0 Å². The van der Waals surface area contributed by atoms with Crippen LogP contribution >= 0.6 is 11.6 Å². The van der Waals surface area contributed by atoms with Gasteiger partial charge < -0.3 is 24.2 Å². The number of amides is 2. The van der Waals surface area contributed by atoms with E-state index < -0.39 is 5.60 Å². The van der Waals surface area contributed by atoms with E-state index in [0.717, 1.165) is 22.8 Å². The summed E-state index contributed by atoms with van der Waals surface area (Å²) in [6.07, 6.45) is 2.81. The first-order valence-electron chi connectivity index (χ1n) is 14.1. The highest BCUT2D eigenvalue weighted by Gasteiger charge is 2.34. The SMILES string of the molecule is COc1ccccc1N1CCN(C(=O)c2cnn(-c3ccc(Cl)cc3)c2C2CCN(C(=O)OC(C)(C)C)CC2)CC1. The van der Waals surface area contributed by atoms with Crippen LogP contribution in [0.2, 0.25) is 5.02 Å². The zero-order valence-electron chi connectivity index (χ0n) is 24.2. The van der Waals surface area contributed by atoms with Crippen LogP contribution in [0, 0.1) is 0 Å². The number of para-hydroxylation sites is 2. The first-order chi connectivity index (χ1) is 19.6. The molecule has 2 aliphatic heterocycles. The molecule has 3 aromatic rings. The molecule has 0 aliphatic carbocycles. The Morgan fingerprint density at radius 1 is 0.902 bits per heavy atom. The molecular formula is C31H38ClN5O4. The predicted octanol–water partition coefficient (Wildman–Crippen LogP) is 5.61. The van der Waals surface area contributed by atoms with E-state index in [9.17, 15) is 9.59 Å². The van der Waals surface area contributed by atoms with E-state index in [4.69, 9.17) is 21.1 Å². The summed E-state index contributed by atoms with van der Waals surface area (Å²) in [5, 5.41) is 5.33. The highest BCUT2D eigenvalue weighted by atomic mass is 35.5. The number of halogens is 1. The van der Waals surface area contributed by atoms with Crippen LogP contribution in [0.1, 0.15) is 55.6 Å². The van der Waals surface area contributed by atoms with Gasteiger partial charge in [0.15, 0.2) is 0 Å². The number of benzene rings is 2. The Balaban J connectivity index is 1.36. The average Bonchev–Trinajstić information content (AvgIpc) is 3.41. The molecule has 5 rings (SSSR count). The van der Waals surface area contributed by atoms with Gasteiger partial charge in [-0.2, -0.15) is 5.10 Å². The largest absolute Gasteiger partial charge is 0.495 e. The van der Waals surface area contributed by atoms with Crippen LogP contribution in [0.25, 0.3) is 5.69 Å². The smallest absolute Gasteiger partial charge is 0.410 e. The molecule has 0 N–H and O–H groups in total. The number of piperazine rings is 1. The van der Waals surface area contributed by atoms with E-state index in [1.807, 2.05) is 78.9 Å². The first kappa shape index (κ1) is 28.8. The number of carbonyl (C=O) groups excluding carboxylic acids is 2. The molecule has 1 aromatic heterocycles. The van der Waals surface area contributed by atoms with E-state index in [-0.39, 0.29) is 17.9 Å². The predicted molar refractivity (Wildman–Crippen MR) is 159 cm³/mol. The number of anilines is 1. The topological polar surface area (TPSA) is 80.1 Å². The van der Waals surface area contributed by atoms with Gasteiger partial charge in [-0.1, -0.05) is 23.7 Å². The number of aromatic nitrogens is 2. The van der Waals surface area contributed by atoms with Crippen LogP contribution < -0.4 is 9.64 Å². The van der Waals surface area contributed by atoms with Gasteiger partial charge in [0.25, 0.3) is 5.91 Å². The van der Waals surface area contributed by atoms with Crippen LogP contribution in [-0.4, -0.2) is 83.6 Å². The van der Waals surface area contributed by atoms with Gasteiger partial charge in [-0.3, -0.25) is 4.79 Å². The molecule has 0 saturated carbocycles. The molecule has 2 aromatic carbocycles. The Labute approximate surface area is 246 Å². The molecular weight excluding hydrogens is 542 g/mol. The molecule has 41 heavy (non-hydrogen) atoms. The fourth-order valence-electron chi connectivity index (χ4n) is 5.58. The highest BCUT2D eigenvalue weighted by Crippen LogP contribution is 2.34. The normalized spacial score (nSPS) is 16.6. The van der Waals surface area contributed by atoms with E-state index >= 15 is 0 Å². The number of likely N-dealkylation sites (tertiary alicyclic amines) is 1. The standard InChI is InChI=1S/C31H38ClN5O4/c1-31(2,3)41-30(39)36-15-13-22(14-16-36)28-25(21-33-37(28)24-11-9-23(32)10-12-24)29(38)35-19-17-34(18-20-35)26-7-5-6-8-27(26)40-4/h5-12,21-22H,13-20H2,1-4H3. The molecule has 3 heterocycles. The van der Waals surface area contributed by atoms with Crippen molar-refractivity contribution in [2.45, 2.75) is 45.1 Å². The maximum atomic E-state index is 14.0.